The van der Waals surface area contributed by atoms with Gasteiger partial charge in [-0.25, -0.2) is 0 Å². The molecule has 3 heteroatoms. The zero-order chi connectivity index (χ0) is 10.8. The van der Waals surface area contributed by atoms with Crippen molar-refractivity contribution in [2.45, 2.75) is 46.2 Å². The quantitative estimate of drug-likeness (QED) is 0.804. The van der Waals surface area contributed by atoms with Gasteiger partial charge >= 0.3 is 0 Å². The predicted octanol–water partition coefficient (Wildman–Crippen LogP) is 2.75. The smallest absolute Gasteiger partial charge is 0.0728 e. The van der Waals surface area contributed by atoms with Gasteiger partial charge in [-0.05, 0) is 31.6 Å². The van der Waals surface area contributed by atoms with Gasteiger partial charge in [0.1, 0.15) is 0 Å². The normalized spacial score (nSPS) is 18.1. The van der Waals surface area contributed by atoms with Crippen molar-refractivity contribution in [2.75, 3.05) is 5.32 Å². The van der Waals surface area contributed by atoms with Crippen LogP contribution in [0.5, 0.6) is 0 Å². The highest BCUT2D eigenvalue weighted by Crippen LogP contribution is 2.37. The van der Waals surface area contributed by atoms with Crippen LogP contribution in [0.3, 0.4) is 0 Å². The molecule has 1 N–H and O–H groups in total. The molecule has 3 nitrogen and oxygen atoms in total. The Morgan fingerprint density at radius 2 is 2.27 bits per heavy atom. The summed E-state index contributed by atoms with van der Waals surface area (Å²) in [5, 5.41) is 7.89. The minimum atomic E-state index is 0.625. The van der Waals surface area contributed by atoms with E-state index in [0.29, 0.717) is 12.0 Å². The van der Waals surface area contributed by atoms with Gasteiger partial charge in [0.05, 0.1) is 11.9 Å². The Labute approximate surface area is 91.9 Å². The molecule has 2 rings (SSSR count). The van der Waals surface area contributed by atoms with Crippen molar-refractivity contribution < 1.29 is 0 Å². The van der Waals surface area contributed by atoms with Gasteiger partial charge in [0.15, 0.2) is 0 Å². The summed E-state index contributed by atoms with van der Waals surface area (Å²) >= 11 is 0. The van der Waals surface area contributed by atoms with Gasteiger partial charge in [-0.1, -0.05) is 13.8 Å². The second-order valence-electron chi connectivity index (χ2n) is 4.84. The molecule has 1 unspecified atom stereocenters. The molecular formula is C12H21N3. The third-order valence-electron chi connectivity index (χ3n) is 3.14. The molecule has 1 saturated carbocycles. The van der Waals surface area contributed by atoms with Crippen LogP contribution in [-0.2, 0) is 6.54 Å². The molecule has 0 radical (unpaired) electrons. The summed E-state index contributed by atoms with van der Waals surface area (Å²) in [4.78, 5) is 0. The van der Waals surface area contributed by atoms with E-state index in [-0.39, 0.29) is 0 Å². The van der Waals surface area contributed by atoms with Crippen molar-refractivity contribution in [3.8, 4) is 0 Å². The molecule has 1 heterocycles. The fourth-order valence-corrected chi connectivity index (χ4v) is 2.09. The second kappa shape index (κ2) is 4.25. The monoisotopic (exact) mass is 207 g/mol. The number of rotatable bonds is 5. The molecule has 0 aromatic carbocycles. The van der Waals surface area contributed by atoms with Crippen molar-refractivity contribution in [2.24, 2.45) is 11.8 Å². The average molecular weight is 207 g/mol. The molecular weight excluding hydrogens is 186 g/mol. The lowest BCUT2D eigenvalue weighted by Gasteiger charge is -2.22. The van der Waals surface area contributed by atoms with Crippen molar-refractivity contribution in [1.82, 2.24) is 9.78 Å². The third-order valence-corrected chi connectivity index (χ3v) is 3.14. The topological polar surface area (TPSA) is 29.9 Å². The minimum absolute atomic E-state index is 0.625. The highest BCUT2D eigenvalue weighted by atomic mass is 15.3. The summed E-state index contributed by atoms with van der Waals surface area (Å²) in [7, 11) is 0. The first-order chi connectivity index (χ1) is 7.20. The minimum Gasteiger partial charge on any atom is -0.379 e. The zero-order valence-electron chi connectivity index (χ0n) is 9.90. The van der Waals surface area contributed by atoms with E-state index in [1.54, 1.807) is 0 Å². The number of aromatic nitrogens is 2. The molecule has 1 fully saturated rings. The maximum Gasteiger partial charge on any atom is 0.0728 e. The summed E-state index contributed by atoms with van der Waals surface area (Å²) in [6.45, 7) is 7.63. The Morgan fingerprint density at radius 1 is 1.53 bits per heavy atom. The number of nitrogens with zero attached hydrogens (tertiary/aromatic N) is 2. The Balaban J connectivity index is 1.98. The summed E-state index contributed by atoms with van der Waals surface area (Å²) in [5.41, 5.74) is 1.17. The van der Waals surface area contributed by atoms with E-state index < -0.39 is 0 Å². The summed E-state index contributed by atoms with van der Waals surface area (Å²) in [5.74, 6) is 1.58. The maximum atomic E-state index is 4.28. The number of aryl methyl sites for hydroxylation is 1. The average Bonchev–Trinajstić information content (AvgIpc) is 2.94. The molecule has 84 valence electrons. The molecule has 1 aromatic heterocycles. The van der Waals surface area contributed by atoms with Crippen LogP contribution in [0.4, 0.5) is 5.69 Å². The molecule has 15 heavy (non-hydrogen) atoms. The number of nitrogens with one attached hydrogen (secondary N) is 1. The van der Waals surface area contributed by atoms with E-state index >= 15 is 0 Å². The van der Waals surface area contributed by atoms with E-state index in [1.165, 1.54) is 18.5 Å². The lowest BCUT2D eigenvalue weighted by molar-refractivity contribution is 0.477. The molecule has 1 aromatic rings. The largest absolute Gasteiger partial charge is 0.379 e. The molecule has 0 aliphatic heterocycles. The SMILES string of the molecule is CCn1cc(NC(C(C)C)C2CC2)cn1. The van der Waals surface area contributed by atoms with E-state index in [9.17, 15) is 0 Å². The third kappa shape index (κ3) is 2.52. The van der Waals surface area contributed by atoms with Gasteiger partial charge in [0, 0.05) is 18.8 Å². The first-order valence-electron chi connectivity index (χ1n) is 5.99. The Hall–Kier alpha value is -0.990. The highest BCUT2D eigenvalue weighted by molar-refractivity contribution is 5.40. The van der Waals surface area contributed by atoms with Crippen molar-refractivity contribution in [1.29, 1.82) is 0 Å². The first kappa shape index (κ1) is 10.5. The van der Waals surface area contributed by atoms with Crippen LogP contribution in [0.1, 0.15) is 33.6 Å². The van der Waals surface area contributed by atoms with Crippen LogP contribution in [0, 0.1) is 11.8 Å². The van der Waals surface area contributed by atoms with Gasteiger partial charge in [0.25, 0.3) is 0 Å². The van der Waals surface area contributed by atoms with Crippen LogP contribution in [0.15, 0.2) is 12.4 Å². The summed E-state index contributed by atoms with van der Waals surface area (Å²) in [6, 6.07) is 0.625. The molecule has 0 saturated heterocycles. The fourth-order valence-electron chi connectivity index (χ4n) is 2.09. The number of hydrogen-bond donors (Lipinski definition) is 1. The van der Waals surface area contributed by atoms with Gasteiger partial charge in [0.2, 0.25) is 0 Å². The van der Waals surface area contributed by atoms with Gasteiger partial charge in [-0.2, -0.15) is 5.10 Å². The van der Waals surface area contributed by atoms with E-state index in [0.717, 1.165) is 12.5 Å². The van der Waals surface area contributed by atoms with Crippen LogP contribution in [0.2, 0.25) is 0 Å². The van der Waals surface area contributed by atoms with Gasteiger partial charge < -0.3 is 5.32 Å². The Morgan fingerprint density at radius 3 is 2.73 bits per heavy atom. The summed E-state index contributed by atoms with van der Waals surface area (Å²) < 4.78 is 1.96. The van der Waals surface area contributed by atoms with Crippen LogP contribution in [0.25, 0.3) is 0 Å². The molecule has 1 aliphatic carbocycles. The Kier molecular flexibility index (Phi) is 2.98. The Bertz CT molecular complexity index is 310. The molecule has 1 aliphatic rings. The lowest BCUT2D eigenvalue weighted by Crippen LogP contribution is -2.27. The number of anilines is 1. The van der Waals surface area contributed by atoms with Crippen LogP contribution in [-0.4, -0.2) is 15.8 Å². The first-order valence-corrected chi connectivity index (χ1v) is 5.99. The van der Waals surface area contributed by atoms with Gasteiger partial charge in [-0.3, -0.25) is 4.68 Å². The molecule has 0 spiro atoms. The van der Waals surface area contributed by atoms with Crippen molar-refractivity contribution >= 4 is 5.69 Å². The predicted molar refractivity (Wildman–Crippen MR) is 62.9 cm³/mol. The molecule has 1 atom stereocenters. The van der Waals surface area contributed by atoms with Crippen LogP contribution >= 0.6 is 0 Å². The van der Waals surface area contributed by atoms with Crippen LogP contribution < -0.4 is 5.32 Å². The lowest BCUT2D eigenvalue weighted by atomic mass is 9.99. The summed E-state index contributed by atoms with van der Waals surface area (Å²) in [6.07, 6.45) is 6.80. The highest BCUT2D eigenvalue weighted by Gasteiger charge is 2.33. The zero-order valence-corrected chi connectivity index (χ0v) is 9.90. The van der Waals surface area contributed by atoms with Gasteiger partial charge in [-0.15, -0.1) is 0 Å². The molecule has 0 amide bonds. The van der Waals surface area contributed by atoms with E-state index in [4.69, 9.17) is 0 Å². The van der Waals surface area contributed by atoms with E-state index in [1.807, 2.05) is 10.9 Å². The second-order valence-corrected chi connectivity index (χ2v) is 4.84. The van der Waals surface area contributed by atoms with E-state index in [2.05, 4.69) is 37.4 Å². The number of hydrogen-bond acceptors (Lipinski definition) is 2. The molecule has 0 bridgehead atoms. The van der Waals surface area contributed by atoms with Crippen molar-refractivity contribution in [3.63, 3.8) is 0 Å². The standard InChI is InChI=1S/C12H21N3/c1-4-15-8-11(7-13-15)14-12(9(2)3)10-5-6-10/h7-10,12,14H,4-6H2,1-3H3. The maximum absolute atomic E-state index is 4.28. The fraction of sp³-hybridized carbons (Fsp3) is 0.750. The van der Waals surface area contributed by atoms with Crippen molar-refractivity contribution in [3.05, 3.63) is 12.4 Å².